The Morgan fingerprint density at radius 1 is 1.06 bits per heavy atom. The Kier molecular flexibility index (Phi) is 6.36. The van der Waals surface area contributed by atoms with Gasteiger partial charge in [0.1, 0.15) is 6.61 Å². The number of nitrogens with one attached hydrogen (secondary N) is 2. The molecule has 34 heavy (non-hydrogen) atoms. The Bertz CT molecular complexity index is 1190. The molecule has 0 bridgehead atoms. The van der Waals surface area contributed by atoms with Gasteiger partial charge < -0.3 is 25.0 Å². The lowest BCUT2D eigenvalue weighted by molar-refractivity contribution is -0.138. The molecule has 2 aromatic carbocycles. The smallest absolute Gasteiger partial charge is 0.407 e. The van der Waals surface area contributed by atoms with E-state index in [4.69, 9.17) is 14.4 Å². The topological polar surface area (TPSA) is 131 Å². The van der Waals surface area contributed by atoms with Crippen molar-refractivity contribution in [3.63, 3.8) is 0 Å². The number of alkyl carbamates (subject to hydrolysis) is 1. The van der Waals surface area contributed by atoms with Crippen LogP contribution in [0, 0.1) is 0 Å². The number of ether oxygens (including phenoxy) is 1. The first-order chi connectivity index (χ1) is 16.2. The summed E-state index contributed by atoms with van der Waals surface area (Å²) in [5, 5.41) is 17.8. The molecule has 1 aromatic heterocycles. The van der Waals surface area contributed by atoms with Gasteiger partial charge in [0.15, 0.2) is 11.5 Å². The second-order valence-electron chi connectivity index (χ2n) is 8.77. The molecule has 1 heterocycles. The molecule has 1 aliphatic carbocycles. The summed E-state index contributed by atoms with van der Waals surface area (Å²) in [7, 11) is 0. The van der Waals surface area contributed by atoms with E-state index in [9.17, 15) is 14.4 Å². The van der Waals surface area contributed by atoms with Crippen molar-refractivity contribution >= 4 is 18.0 Å². The van der Waals surface area contributed by atoms with Crippen molar-refractivity contribution in [3.8, 4) is 11.1 Å². The third-order valence-corrected chi connectivity index (χ3v) is 5.59. The largest absolute Gasteiger partial charge is 0.481 e. The predicted octanol–water partition coefficient (Wildman–Crippen LogP) is 3.70. The molecule has 0 radical (unpaired) electrons. The second kappa shape index (κ2) is 9.38. The number of benzene rings is 2. The van der Waals surface area contributed by atoms with Crippen LogP contribution in [0.15, 0.2) is 59.1 Å². The summed E-state index contributed by atoms with van der Waals surface area (Å²) in [5.74, 6) is -1.39. The van der Waals surface area contributed by atoms with E-state index in [0.29, 0.717) is 0 Å². The van der Waals surface area contributed by atoms with E-state index in [0.717, 1.165) is 22.3 Å². The number of hydrogen-bond acceptors (Lipinski definition) is 6. The normalized spacial score (nSPS) is 12.5. The molecule has 1 aliphatic rings. The molecule has 0 atom stereocenters. The van der Waals surface area contributed by atoms with Crippen molar-refractivity contribution in [1.82, 2.24) is 15.8 Å². The average molecular weight is 463 g/mol. The van der Waals surface area contributed by atoms with Crippen molar-refractivity contribution in [2.75, 3.05) is 6.61 Å². The fraction of sp³-hybridized carbons (Fsp3) is 0.280. The zero-order valence-corrected chi connectivity index (χ0v) is 18.8. The molecule has 0 saturated carbocycles. The Labute approximate surface area is 196 Å². The highest BCUT2D eigenvalue weighted by Gasteiger charge is 2.29. The number of carbonyl (C=O) groups is 3. The van der Waals surface area contributed by atoms with Crippen LogP contribution in [0.4, 0.5) is 4.79 Å². The maximum atomic E-state index is 12.3. The third kappa shape index (κ3) is 5.09. The first kappa shape index (κ1) is 23.0. The van der Waals surface area contributed by atoms with Gasteiger partial charge >= 0.3 is 12.1 Å². The number of fused-ring (bicyclic) bond motifs is 3. The molecule has 2 amide bonds. The number of aromatic nitrogens is 1. The molecule has 0 spiro atoms. The standard InChI is InChI=1S/C25H25N3O6/c1-25(2,12-22(29)30)27-23(31)21-11-15(34-28-21)13-26-24(32)33-14-20-18-9-5-3-7-16(18)17-8-4-6-10-19(17)20/h3-11,20H,12-14H2,1-2H3,(H,26,32)(H,27,31)(H,29,30). The zero-order valence-electron chi connectivity index (χ0n) is 18.8. The van der Waals surface area contributed by atoms with Crippen LogP contribution in [0.3, 0.4) is 0 Å². The Hall–Kier alpha value is -4.14. The van der Waals surface area contributed by atoms with Crippen molar-refractivity contribution in [2.24, 2.45) is 0 Å². The van der Waals surface area contributed by atoms with E-state index in [1.165, 1.54) is 6.07 Å². The number of carbonyl (C=O) groups excluding carboxylic acids is 2. The van der Waals surface area contributed by atoms with E-state index in [1.807, 2.05) is 36.4 Å². The number of carboxylic acid groups (broad SMARTS) is 1. The summed E-state index contributed by atoms with van der Waals surface area (Å²) in [6.45, 7) is 3.36. The predicted molar refractivity (Wildman–Crippen MR) is 122 cm³/mol. The number of aliphatic carboxylic acids is 1. The Morgan fingerprint density at radius 2 is 1.68 bits per heavy atom. The van der Waals surface area contributed by atoms with Crippen LogP contribution in [-0.2, 0) is 16.1 Å². The molecule has 9 heteroatoms. The van der Waals surface area contributed by atoms with Gasteiger partial charge in [-0.25, -0.2) is 4.79 Å². The minimum atomic E-state index is -1.03. The molecule has 9 nitrogen and oxygen atoms in total. The van der Waals surface area contributed by atoms with E-state index in [2.05, 4.69) is 27.9 Å². The van der Waals surface area contributed by atoms with Crippen LogP contribution in [0.2, 0.25) is 0 Å². The number of amides is 2. The highest BCUT2D eigenvalue weighted by molar-refractivity contribution is 5.93. The van der Waals surface area contributed by atoms with Crippen molar-refractivity contribution in [2.45, 2.75) is 38.3 Å². The molecule has 4 rings (SSSR count). The van der Waals surface area contributed by atoms with Crippen LogP contribution in [0.5, 0.6) is 0 Å². The van der Waals surface area contributed by atoms with Crippen LogP contribution < -0.4 is 10.6 Å². The van der Waals surface area contributed by atoms with Gasteiger partial charge in [0.2, 0.25) is 0 Å². The highest BCUT2D eigenvalue weighted by atomic mass is 16.5. The average Bonchev–Trinajstić information content (AvgIpc) is 3.38. The van der Waals surface area contributed by atoms with Gasteiger partial charge in [-0.2, -0.15) is 0 Å². The number of carboxylic acids is 1. The molecular weight excluding hydrogens is 438 g/mol. The summed E-state index contributed by atoms with van der Waals surface area (Å²) in [6, 6.07) is 17.5. The first-order valence-electron chi connectivity index (χ1n) is 10.8. The van der Waals surface area contributed by atoms with E-state index in [1.54, 1.807) is 13.8 Å². The fourth-order valence-electron chi connectivity index (χ4n) is 4.11. The molecule has 0 saturated heterocycles. The fourth-order valence-corrected chi connectivity index (χ4v) is 4.11. The monoisotopic (exact) mass is 463 g/mol. The van der Waals surface area contributed by atoms with E-state index in [-0.39, 0.29) is 36.9 Å². The summed E-state index contributed by atoms with van der Waals surface area (Å²) in [5.41, 5.74) is 3.56. The van der Waals surface area contributed by atoms with Gasteiger partial charge in [-0.1, -0.05) is 53.7 Å². The quantitative estimate of drug-likeness (QED) is 0.464. The van der Waals surface area contributed by atoms with Crippen molar-refractivity contribution < 1.29 is 28.8 Å². The van der Waals surface area contributed by atoms with E-state index >= 15 is 0 Å². The molecule has 0 unspecified atom stereocenters. The van der Waals surface area contributed by atoms with Crippen molar-refractivity contribution in [1.29, 1.82) is 0 Å². The molecule has 176 valence electrons. The van der Waals surface area contributed by atoms with Gasteiger partial charge in [0.25, 0.3) is 5.91 Å². The van der Waals surface area contributed by atoms with Crippen LogP contribution >= 0.6 is 0 Å². The van der Waals surface area contributed by atoms with E-state index < -0.39 is 23.5 Å². The van der Waals surface area contributed by atoms with Gasteiger partial charge in [-0.15, -0.1) is 0 Å². The number of hydrogen-bond donors (Lipinski definition) is 3. The first-order valence-corrected chi connectivity index (χ1v) is 10.8. The summed E-state index contributed by atoms with van der Waals surface area (Å²) >= 11 is 0. The minimum Gasteiger partial charge on any atom is -0.481 e. The van der Waals surface area contributed by atoms with Gasteiger partial charge in [0.05, 0.1) is 13.0 Å². The summed E-state index contributed by atoms with van der Waals surface area (Å²) in [6.07, 6.45) is -0.862. The lowest BCUT2D eigenvalue weighted by Gasteiger charge is -2.23. The SMILES string of the molecule is CC(C)(CC(=O)O)NC(=O)c1cc(CNC(=O)OCC2c3ccccc3-c3ccccc32)on1. The summed E-state index contributed by atoms with van der Waals surface area (Å²) in [4.78, 5) is 35.5. The minimum absolute atomic E-state index is 0.0113. The third-order valence-electron chi connectivity index (χ3n) is 5.59. The zero-order chi connectivity index (χ0) is 24.3. The second-order valence-corrected chi connectivity index (χ2v) is 8.77. The Morgan fingerprint density at radius 3 is 2.29 bits per heavy atom. The van der Waals surface area contributed by atoms with Crippen LogP contribution in [0.1, 0.15) is 53.6 Å². The number of rotatable bonds is 8. The van der Waals surface area contributed by atoms with Crippen LogP contribution in [0.25, 0.3) is 11.1 Å². The maximum Gasteiger partial charge on any atom is 0.407 e. The Balaban J connectivity index is 1.31. The number of nitrogens with zero attached hydrogens (tertiary/aromatic N) is 1. The van der Waals surface area contributed by atoms with Crippen molar-refractivity contribution in [3.05, 3.63) is 77.2 Å². The van der Waals surface area contributed by atoms with Gasteiger partial charge in [-0.05, 0) is 36.1 Å². The molecule has 0 aliphatic heterocycles. The molecule has 0 fully saturated rings. The van der Waals surface area contributed by atoms with Gasteiger partial charge in [0, 0.05) is 17.5 Å². The lowest BCUT2D eigenvalue weighted by Crippen LogP contribution is -2.45. The molecule has 3 aromatic rings. The van der Waals surface area contributed by atoms with Crippen LogP contribution in [-0.4, -0.2) is 40.4 Å². The highest BCUT2D eigenvalue weighted by Crippen LogP contribution is 2.44. The molecular formula is C25H25N3O6. The summed E-state index contributed by atoms with van der Waals surface area (Å²) < 4.78 is 10.6. The van der Waals surface area contributed by atoms with Gasteiger partial charge in [-0.3, -0.25) is 9.59 Å². The lowest BCUT2D eigenvalue weighted by atomic mass is 9.98. The molecule has 3 N–H and O–H groups in total. The maximum absolute atomic E-state index is 12.3.